The number of alkyl halides is 3. The Morgan fingerprint density at radius 2 is 1.79 bits per heavy atom. The lowest BCUT2D eigenvalue weighted by Gasteiger charge is -2.35. The van der Waals surface area contributed by atoms with Crippen LogP contribution in [-0.2, 0) is 10.6 Å². The molecule has 0 atom stereocenters. The number of Topliss-reactive ketones (excluding diaryl/α,β-unsaturated/α-hetero) is 1. The van der Waals surface area contributed by atoms with Crippen LogP contribution in [0.5, 0.6) is 0 Å². The van der Waals surface area contributed by atoms with Gasteiger partial charge in [-0.1, -0.05) is 44.7 Å². The number of rotatable bonds is 3. The van der Waals surface area contributed by atoms with Gasteiger partial charge in [0.1, 0.15) is 0 Å². The van der Waals surface area contributed by atoms with Gasteiger partial charge in [-0.2, -0.15) is 13.2 Å². The maximum Gasteiger partial charge on any atom is 0.417 e. The number of hydrogen-bond acceptors (Lipinski definition) is 2. The van der Waals surface area contributed by atoms with Crippen molar-refractivity contribution in [3.8, 4) is 11.8 Å². The largest absolute Gasteiger partial charge is 0.417 e. The van der Waals surface area contributed by atoms with E-state index in [0.29, 0.717) is 0 Å². The highest BCUT2D eigenvalue weighted by molar-refractivity contribution is 6.74. The summed E-state index contributed by atoms with van der Waals surface area (Å²) in [5.41, 5.74) is -1.20. The van der Waals surface area contributed by atoms with Crippen LogP contribution in [0.2, 0.25) is 18.1 Å². The van der Waals surface area contributed by atoms with Gasteiger partial charge in [0.15, 0.2) is 14.1 Å². The highest BCUT2D eigenvalue weighted by Crippen LogP contribution is 2.36. The highest BCUT2D eigenvalue weighted by Gasteiger charge is 2.37. The fourth-order valence-electron chi connectivity index (χ4n) is 1.77. The Balaban J connectivity index is 3.15. The van der Waals surface area contributed by atoms with Crippen LogP contribution in [0.25, 0.3) is 0 Å². The normalized spacial score (nSPS) is 12.5. The number of hydrogen-bond donors (Lipinski definition) is 0. The van der Waals surface area contributed by atoms with Crippen molar-refractivity contribution in [1.29, 1.82) is 0 Å². The zero-order valence-electron chi connectivity index (χ0n) is 14.9. The maximum absolute atomic E-state index is 13.1. The second-order valence-electron chi connectivity index (χ2n) is 7.13. The molecule has 0 heterocycles. The Kier molecular flexibility index (Phi) is 6.07. The highest BCUT2D eigenvalue weighted by atomic mass is 28.4. The Bertz CT molecular complexity index is 674. The van der Waals surface area contributed by atoms with Crippen LogP contribution in [0.15, 0.2) is 18.2 Å². The molecule has 6 heteroatoms. The second kappa shape index (κ2) is 7.12. The molecule has 0 aliphatic carbocycles. The first-order valence-electron chi connectivity index (χ1n) is 7.61. The van der Waals surface area contributed by atoms with E-state index in [1.54, 1.807) is 0 Å². The van der Waals surface area contributed by atoms with Gasteiger partial charge < -0.3 is 4.43 Å². The zero-order chi connectivity index (χ0) is 18.8. The first-order chi connectivity index (χ1) is 10.8. The third-order valence-electron chi connectivity index (χ3n) is 4.27. The van der Waals surface area contributed by atoms with Crippen LogP contribution in [-0.4, -0.2) is 20.7 Å². The SMILES string of the molecule is CC(=O)c1cccc(C(F)(F)F)c1C#CCO[Si](C)(C)C(C)(C)C. The number of halogens is 3. The molecule has 0 saturated heterocycles. The van der Waals surface area contributed by atoms with Crippen molar-refractivity contribution in [3.05, 3.63) is 34.9 Å². The van der Waals surface area contributed by atoms with Crippen molar-refractivity contribution in [2.45, 2.75) is 52.0 Å². The number of benzene rings is 1. The molecule has 0 spiro atoms. The van der Waals surface area contributed by atoms with Crippen molar-refractivity contribution in [2.24, 2.45) is 0 Å². The van der Waals surface area contributed by atoms with Crippen LogP contribution >= 0.6 is 0 Å². The minimum Gasteiger partial charge on any atom is -0.406 e. The molecule has 0 amide bonds. The van der Waals surface area contributed by atoms with Crippen molar-refractivity contribution in [1.82, 2.24) is 0 Å². The molecule has 0 radical (unpaired) electrons. The average Bonchev–Trinajstić information content (AvgIpc) is 2.40. The van der Waals surface area contributed by atoms with Gasteiger partial charge >= 0.3 is 6.18 Å². The Morgan fingerprint density at radius 3 is 2.25 bits per heavy atom. The molecule has 0 unspecified atom stereocenters. The quantitative estimate of drug-likeness (QED) is 0.418. The molecule has 0 aliphatic rings. The number of carbonyl (C=O) groups excluding carboxylic acids is 1. The number of ketones is 1. The van der Waals surface area contributed by atoms with E-state index in [4.69, 9.17) is 4.43 Å². The molecule has 1 rings (SSSR count). The van der Waals surface area contributed by atoms with Crippen molar-refractivity contribution < 1.29 is 22.4 Å². The topological polar surface area (TPSA) is 26.3 Å². The third-order valence-corrected chi connectivity index (χ3v) is 8.75. The summed E-state index contributed by atoms with van der Waals surface area (Å²) >= 11 is 0. The summed E-state index contributed by atoms with van der Waals surface area (Å²) in [6.07, 6.45) is -4.56. The lowest BCUT2D eigenvalue weighted by molar-refractivity contribution is -0.137. The van der Waals surface area contributed by atoms with Crippen LogP contribution < -0.4 is 0 Å². The van der Waals surface area contributed by atoms with E-state index in [2.05, 4.69) is 32.6 Å². The zero-order valence-corrected chi connectivity index (χ0v) is 15.9. The molecule has 0 saturated carbocycles. The molecule has 0 aliphatic heterocycles. The standard InChI is InChI=1S/C18H23F3O2Si/c1-13(22)14-9-7-11-16(18(19,20)21)15(14)10-8-12-23-24(5,6)17(2,3)4/h7,9,11H,12H2,1-6H3. The Labute approximate surface area is 142 Å². The third kappa shape index (κ3) is 4.95. The van der Waals surface area contributed by atoms with Crippen molar-refractivity contribution in [2.75, 3.05) is 6.61 Å². The van der Waals surface area contributed by atoms with E-state index in [-0.39, 0.29) is 22.8 Å². The van der Waals surface area contributed by atoms with Crippen LogP contribution in [0.4, 0.5) is 13.2 Å². The summed E-state index contributed by atoms with van der Waals surface area (Å²) in [5.74, 6) is 4.70. The van der Waals surface area contributed by atoms with Gasteiger partial charge in [0.05, 0.1) is 12.2 Å². The van der Waals surface area contributed by atoms with Crippen molar-refractivity contribution in [3.63, 3.8) is 0 Å². The summed E-state index contributed by atoms with van der Waals surface area (Å²) in [6.45, 7) is 11.6. The summed E-state index contributed by atoms with van der Waals surface area (Å²) < 4.78 is 45.3. The molecule has 0 bridgehead atoms. The fraction of sp³-hybridized carbons (Fsp3) is 0.500. The summed E-state index contributed by atoms with van der Waals surface area (Å²) in [6, 6.07) is 3.51. The molecule has 0 aromatic heterocycles. The minimum atomic E-state index is -4.56. The molecule has 1 aromatic rings. The summed E-state index contributed by atoms with van der Waals surface area (Å²) in [7, 11) is -2.02. The van der Waals surface area contributed by atoms with E-state index < -0.39 is 25.8 Å². The molecule has 2 nitrogen and oxygen atoms in total. The van der Waals surface area contributed by atoms with Gasteiger partial charge in [0, 0.05) is 11.1 Å². The molecule has 0 fully saturated rings. The van der Waals surface area contributed by atoms with Gasteiger partial charge in [-0.25, -0.2) is 0 Å². The summed E-state index contributed by atoms with van der Waals surface area (Å²) in [5, 5.41) is -0.0108. The van der Waals surface area contributed by atoms with E-state index in [1.165, 1.54) is 19.1 Å². The van der Waals surface area contributed by atoms with Crippen LogP contribution in [0.1, 0.15) is 49.2 Å². The predicted molar refractivity (Wildman–Crippen MR) is 91.5 cm³/mol. The maximum atomic E-state index is 13.1. The van der Waals surface area contributed by atoms with Gasteiger partial charge in [0.2, 0.25) is 0 Å². The Hall–Kier alpha value is -1.58. The molecule has 0 N–H and O–H groups in total. The molecular formula is C18H23F3O2Si. The van der Waals surface area contributed by atoms with E-state index in [9.17, 15) is 18.0 Å². The van der Waals surface area contributed by atoms with E-state index in [1.807, 2.05) is 13.1 Å². The monoisotopic (exact) mass is 356 g/mol. The first-order valence-corrected chi connectivity index (χ1v) is 10.5. The second-order valence-corrected chi connectivity index (χ2v) is 11.9. The lowest BCUT2D eigenvalue weighted by Crippen LogP contribution is -2.40. The lowest BCUT2D eigenvalue weighted by atomic mass is 9.98. The molecule has 1 aromatic carbocycles. The molecular weight excluding hydrogens is 333 g/mol. The van der Waals surface area contributed by atoms with Gasteiger partial charge in [-0.05, 0) is 31.1 Å². The van der Waals surface area contributed by atoms with E-state index in [0.717, 1.165) is 6.07 Å². The summed E-state index contributed by atoms with van der Waals surface area (Å²) in [4.78, 5) is 11.6. The van der Waals surface area contributed by atoms with Crippen molar-refractivity contribution >= 4 is 14.1 Å². The van der Waals surface area contributed by atoms with Gasteiger partial charge in [0.25, 0.3) is 0 Å². The Morgan fingerprint density at radius 1 is 1.21 bits per heavy atom. The van der Waals surface area contributed by atoms with Crippen LogP contribution in [0.3, 0.4) is 0 Å². The average molecular weight is 356 g/mol. The first kappa shape index (κ1) is 20.5. The van der Waals surface area contributed by atoms with Crippen LogP contribution in [0, 0.1) is 11.8 Å². The smallest absolute Gasteiger partial charge is 0.406 e. The molecule has 132 valence electrons. The van der Waals surface area contributed by atoms with E-state index >= 15 is 0 Å². The van der Waals surface area contributed by atoms with Gasteiger partial charge in [-0.15, -0.1) is 0 Å². The van der Waals surface area contributed by atoms with Gasteiger partial charge in [-0.3, -0.25) is 4.79 Å². The molecule has 24 heavy (non-hydrogen) atoms. The predicted octanol–water partition coefficient (Wildman–Crippen LogP) is 5.28. The minimum absolute atomic E-state index is 0.0108. The fourth-order valence-corrected chi connectivity index (χ4v) is 2.64. The number of carbonyl (C=O) groups is 1.